The van der Waals surface area contributed by atoms with Gasteiger partial charge in [0.05, 0.1) is 19.3 Å². The van der Waals surface area contributed by atoms with Crippen LogP contribution in [0.5, 0.6) is 0 Å². The van der Waals surface area contributed by atoms with Crippen LogP contribution in [0.3, 0.4) is 0 Å². The summed E-state index contributed by atoms with van der Waals surface area (Å²) in [5.41, 5.74) is 1.59. The molecule has 7 nitrogen and oxygen atoms in total. The topological polar surface area (TPSA) is 64.7 Å². The quantitative estimate of drug-likeness (QED) is 0.690. The van der Waals surface area contributed by atoms with Gasteiger partial charge in [0, 0.05) is 36.3 Å². The maximum Gasteiger partial charge on any atom is 0.279 e. The van der Waals surface area contributed by atoms with Crippen LogP contribution in [0.2, 0.25) is 5.02 Å². The minimum atomic E-state index is -0.0246. The van der Waals surface area contributed by atoms with Crippen LogP contribution in [0.25, 0.3) is 5.52 Å². The zero-order valence-electron chi connectivity index (χ0n) is 14.1. The molecule has 0 amide bonds. The Balaban J connectivity index is 1.56. The van der Waals surface area contributed by atoms with Crippen LogP contribution in [0, 0.1) is 0 Å². The number of benzene rings is 1. The number of fused-ring (bicyclic) bond motifs is 2. The van der Waals surface area contributed by atoms with Crippen LogP contribution in [0.1, 0.15) is 24.0 Å². The first-order valence-corrected chi connectivity index (χ1v) is 9.14. The Labute approximate surface area is 154 Å². The fourth-order valence-electron chi connectivity index (χ4n) is 3.74. The van der Waals surface area contributed by atoms with Crippen LogP contribution < -0.4 is 10.5 Å². The number of imidazole rings is 1. The molecule has 5 rings (SSSR count). The van der Waals surface area contributed by atoms with Crippen molar-refractivity contribution in [1.29, 1.82) is 0 Å². The maximum atomic E-state index is 12.9. The second-order valence-corrected chi connectivity index (χ2v) is 7.18. The molecule has 134 valence electrons. The van der Waals surface area contributed by atoms with Crippen molar-refractivity contribution in [2.45, 2.75) is 25.4 Å². The molecule has 2 aromatic heterocycles. The predicted molar refractivity (Wildman–Crippen MR) is 97.9 cm³/mol. The van der Waals surface area contributed by atoms with E-state index in [4.69, 9.17) is 21.4 Å². The Morgan fingerprint density at radius 3 is 2.81 bits per heavy atom. The molecule has 1 aromatic carbocycles. The van der Waals surface area contributed by atoms with Gasteiger partial charge in [0.15, 0.2) is 11.3 Å². The largest absolute Gasteiger partial charge is 0.381 e. The lowest BCUT2D eigenvalue weighted by Gasteiger charge is -2.30. The Morgan fingerprint density at radius 2 is 2.04 bits per heavy atom. The van der Waals surface area contributed by atoms with Crippen molar-refractivity contribution >= 4 is 22.8 Å². The number of aromatic nitrogens is 4. The molecular formula is C18H18ClN5O2. The molecule has 2 aliphatic heterocycles. The molecule has 3 aromatic rings. The molecule has 1 unspecified atom stereocenters. The molecule has 0 N–H and O–H groups in total. The van der Waals surface area contributed by atoms with Crippen molar-refractivity contribution in [2.24, 2.45) is 0 Å². The van der Waals surface area contributed by atoms with E-state index in [1.54, 1.807) is 15.3 Å². The highest BCUT2D eigenvalue weighted by Crippen LogP contribution is 2.25. The summed E-state index contributed by atoms with van der Waals surface area (Å²) in [6.07, 6.45) is 2.55. The first-order chi connectivity index (χ1) is 12.7. The van der Waals surface area contributed by atoms with Gasteiger partial charge in [-0.1, -0.05) is 11.6 Å². The van der Waals surface area contributed by atoms with Crippen molar-refractivity contribution in [3.8, 4) is 0 Å². The summed E-state index contributed by atoms with van der Waals surface area (Å²) in [6.45, 7) is 3.30. The Hall–Kier alpha value is -2.38. The fraction of sp³-hybridized carbons (Fsp3) is 0.389. The highest BCUT2D eigenvalue weighted by Gasteiger charge is 2.26. The van der Waals surface area contributed by atoms with Crippen LogP contribution in [-0.4, -0.2) is 38.9 Å². The van der Waals surface area contributed by atoms with Gasteiger partial charge in [-0.05, 0) is 30.7 Å². The summed E-state index contributed by atoms with van der Waals surface area (Å²) in [6, 6.07) is 7.74. The van der Waals surface area contributed by atoms with Crippen LogP contribution in [-0.2, 0) is 17.8 Å². The normalized spacial score (nSPS) is 19.9. The molecule has 8 heteroatoms. The maximum absolute atomic E-state index is 12.9. The van der Waals surface area contributed by atoms with E-state index in [0.29, 0.717) is 30.2 Å². The molecule has 0 radical (unpaired) electrons. The molecule has 2 aliphatic rings. The third-order valence-corrected chi connectivity index (χ3v) is 5.42. The number of hydrogen-bond acceptors (Lipinski definition) is 5. The molecule has 0 aliphatic carbocycles. The predicted octanol–water partition coefficient (Wildman–Crippen LogP) is 2.07. The van der Waals surface area contributed by atoms with E-state index in [2.05, 4.69) is 9.88 Å². The third-order valence-electron chi connectivity index (χ3n) is 5.17. The molecular weight excluding hydrogens is 354 g/mol. The average molecular weight is 372 g/mol. The number of anilines is 1. The average Bonchev–Trinajstić information content (AvgIpc) is 3.31. The number of hydrogen-bond donors (Lipinski definition) is 0. The lowest BCUT2D eigenvalue weighted by molar-refractivity contribution is 0.193. The van der Waals surface area contributed by atoms with Crippen molar-refractivity contribution in [3.05, 3.63) is 57.5 Å². The molecule has 1 saturated heterocycles. The first-order valence-electron chi connectivity index (χ1n) is 8.76. The molecule has 4 heterocycles. The second kappa shape index (κ2) is 6.10. The smallest absolute Gasteiger partial charge is 0.279 e. The van der Waals surface area contributed by atoms with Crippen molar-refractivity contribution < 1.29 is 4.74 Å². The number of ether oxygens (including phenoxy) is 1. The SMILES string of the molecule is O=c1c2cnc(C3CCOC3)n2nc2n1CCN(c1ccc(Cl)cc1)C2. The van der Waals surface area contributed by atoms with Crippen LogP contribution in [0.4, 0.5) is 5.69 Å². The summed E-state index contributed by atoms with van der Waals surface area (Å²) in [4.78, 5) is 19.6. The van der Waals surface area contributed by atoms with Gasteiger partial charge in [0.2, 0.25) is 0 Å². The first kappa shape index (κ1) is 15.8. The van der Waals surface area contributed by atoms with E-state index in [1.165, 1.54) is 0 Å². The monoisotopic (exact) mass is 371 g/mol. The minimum absolute atomic E-state index is 0.0246. The van der Waals surface area contributed by atoms with Gasteiger partial charge in [-0.3, -0.25) is 9.36 Å². The van der Waals surface area contributed by atoms with Gasteiger partial charge in [-0.25, -0.2) is 9.50 Å². The van der Waals surface area contributed by atoms with E-state index >= 15 is 0 Å². The fourth-order valence-corrected chi connectivity index (χ4v) is 3.87. The van der Waals surface area contributed by atoms with Crippen molar-refractivity contribution in [1.82, 2.24) is 19.2 Å². The summed E-state index contributed by atoms with van der Waals surface area (Å²) in [7, 11) is 0. The summed E-state index contributed by atoms with van der Waals surface area (Å²) in [5.74, 6) is 1.77. The van der Waals surface area contributed by atoms with Gasteiger partial charge in [-0.15, -0.1) is 0 Å². The lowest BCUT2D eigenvalue weighted by Crippen LogP contribution is -2.41. The molecule has 1 atom stereocenters. The molecule has 26 heavy (non-hydrogen) atoms. The molecule has 1 fully saturated rings. The van der Waals surface area contributed by atoms with Crippen LogP contribution in [0.15, 0.2) is 35.3 Å². The van der Waals surface area contributed by atoms with Crippen molar-refractivity contribution in [2.75, 3.05) is 24.7 Å². The number of halogens is 1. The standard InChI is InChI=1S/C18H18ClN5O2/c19-13-1-3-14(4-2-13)22-6-7-23-16(10-22)21-24-15(18(23)25)9-20-17(24)12-5-8-26-11-12/h1-4,9,12H,5-8,10-11H2. The Bertz CT molecular complexity index is 1020. The third kappa shape index (κ3) is 2.50. The minimum Gasteiger partial charge on any atom is -0.381 e. The van der Waals surface area contributed by atoms with Gasteiger partial charge in [-0.2, -0.15) is 5.10 Å². The van der Waals surface area contributed by atoms with E-state index < -0.39 is 0 Å². The van der Waals surface area contributed by atoms with Gasteiger partial charge >= 0.3 is 0 Å². The Morgan fingerprint density at radius 1 is 1.19 bits per heavy atom. The molecule has 0 bridgehead atoms. The zero-order chi connectivity index (χ0) is 17.7. The van der Waals surface area contributed by atoms with Gasteiger partial charge < -0.3 is 9.64 Å². The van der Waals surface area contributed by atoms with Crippen LogP contribution >= 0.6 is 11.6 Å². The lowest BCUT2D eigenvalue weighted by atomic mass is 10.1. The Kier molecular flexibility index (Phi) is 3.72. The van der Waals surface area contributed by atoms with Crippen molar-refractivity contribution in [3.63, 3.8) is 0 Å². The highest BCUT2D eigenvalue weighted by atomic mass is 35.5. The van der Waals surface area contributed by atoms with E-state index in [-0.39, 0.29) is 11.5 Å². The van der Waals surface area contributed by atoms with E-state index in [1.807, 2.05) is 24.3 Å². The van der Waals surface area contributed by atoms with E-state index in [0.717, 1.165) is 36.9 Å². The molecule has 0 spiro atoms. The molecule has 0 saturated carbocycles. The van der Waals surface area contributed by atoms with Gasteiger partial charge in [0.25, 0.3) is 5.56 Å². The summed E-state index contributed by atoms with van der Waals surface area (Å²) >= 11 is 5.99. The van der Waals surface area contributed by atoms with Gasteiger partial charge in [0.1, 0.15) is 5.82 Å². The second-order valence-electron chi connectivity index (χ2n) is 6.74. The number of rotatable bonds is 2. The zero-order valence-corrected chi connectivity index (χ0v) is 14.9. The highest BCUT2D eigenvalue weighted by molar-refractivity contribution is 6.30. The van der Waals surface area contributed by atoms with E-state index in [9.17, 15) is 4.79 Å². The summed E-state index contributed by atoms with van der Waals surface area (Å²) < 4.78 is 8.96. The summed E-state index contributed by atoms with van der Waals surface area (Å²) in [5, 5.41) is 5.48. The number of nitrogens with zero attached hydrogens (tertiary/aromatic N) is 5.